The van der Waals surface area contributed by atoms with Crippen LogP contribution in [0.5, 0.6) is 0 Å². The molecule has 0 aliphatic rings. The van der Waals surface area contributed by atoms with Crippen molar-refractivity contribution >= 4 is 9.84 Å². The van der Waals surface area contributed by atoms with Gasteiger partial charge in [-0.3, -0.25) is 0 Å². The summed E-state index contributed by atoms with van der Waals surface area (Å²) in [7, 11) is -3.20. The first-order valence-electron chi connectivity index (χ1n) is 5.59. The highest BCUT2D eigenvalue weighted by Crippen LogP contribution is 2.12. The first-order chi connectivity index (χ1) is 7.95. The normalized spacial score (nSPS) is 13.3. The topological polar surface area (TPSA) is 46.2 Å². The lowest BCUT2D eigenvalue weighted by molar-refractivity contribution is 0.571. The van der Waals surface area contributed by atoms with Crippen LogP contribution in [-0.4, -0.2) is 26.8 Å². The van der Waals surface area contributed by atoms with E-state index in [1.807, 2.05) is 26.0 Å². The summed E-state index contributed by atoms with van der Waals surface area (Å²) >= 11 is 0. The van der Waals surface area contributed by atoms with Crippen LogP contribution in [0.25, 0.3) is 0 Å². The van der Waals surface area contributed by atoms with Gasteiger partial charge in [-0.1, -0.05) is 23.8 Å². The number of nitrogens with one attached hydrogen (secondary N) is 1. The lowest BCUT2D eigenvalue weighted by atomic mass is 10.2. The van der Waals surface area contributed by atoms with Crippen LogP contribution in [-0.2, 0) is 9.84 Å². The van der Waals surface area contributed by atoms with Crippen LogP contribution < -0.4 is 5.32 Å². The van der Waals surface area contributed by atoms with Gasteiger partial charge in [-0.05, 0) is 26.0 Å². The van der Waals surface area contributed by atoms with Crippen molar-refractivity contribution in [2.24, 2.45) is 0 Å². The summed E-state index contributed by atoms with van der Waals surface area (Å²) in [5, 5.41) is 3.07. The van der Waals surface area contributed by atoms with Crippen molar-refractivity contribution < 1.29 is 8.42 Å². The van der Waals surface area contributed by atoms with Crippen LogP contribution in [0, 0.1) is 6.92 Å². The molecule has 1 N–H and O–H groups in total. The van der Waals surface area contributed by atoms with Gasteiger partial charge in [0.15, 0.2) is 9.84 Å². The van der Waals surface area contributed by atoms with Gasteiger partial charge in [0, 0.05) is 12.6 Å². The number of benzene rings is 1. The van der Waals surface area contributed by atoms with Crippen molar-refractivity contribution in [1.82, 2.24) is 5.32 Å². The third kappa shape index (κ3) is 4.32. The molecule has 3 nitrogen and oxygen atoms in total. The predicted molar refractivity (Wildman–Crippen MR) is 70.9 cm³/mol. The summed E-state index contributed by atoms with van der Waals surface area (Å²) in [6, 6.07) is 6.86. The average Bonchev–Trinajstić information content (AvgIpc) is 2.26. The van der Waals surface area contributed by atoms with E-state index in [1.165, 1.54) is 0 Å². The minimum atomic E-state index is -3.20. The van der Waals surface area contributed by atoms with Crippen LogP contribution in [0.1, 0.15) is 12.5 Å². The zero-order valence-electron chi connectivity index (χ0n) is 10.3. The highest BCUT2D eigenvalue weighted by molar-refractivity contribution is 7.91. The maximum atomic E-state index is 12.1. The highest BCUT2D eigenvalue weighted by Gasteiger charge is 2.17. The van der Waals surface area contributed by atoms with Gasteiger partial charge in [0.2, 0.25) is 0 Å². The Balaban J connectivity index is 2.74. The Morgan fingerprint density at radius 1 is 1.35 bits per heavy atom. The Kier molecular flexibility index (Phi) is 4.90. The van der Waals surface area contributed by atoms with Gasteiger partial charge < -0.3 is 5.32 Å². The summed E-state index contributed by atoms with van der Waals surface area (Å²) in [6.45, 7) is 7.99. The van der Waals surface area contributed by atoms with Crippen LogP contribution in [0.3, 0.4) is 0 Å². The molecule has 0 fully saturated rings. The summed E-state index contributed by atoms with van der Waals surface area (Å²) < 4.78 is 24.1. The van der Waals surface area contributed by atoms with E-state index in [1.54, 1.807) is 18.2 Å². The van der Waals surface area contributed by atoms with Gasteiger partial charge in [-0.2, -0.15) is 0 Å². The van der Waals surface area contributed by atoms with Crippen molar-refractivity contribution in [3.63, 3.8) is 0 Å². The second-order valence-electron chi connectivity index (χ2n) is 4.19. The highest BCUT2D eigenvalue weighted by atomic mass is 32.2. The van der Waals surface area contributed by atoms with Crippen molar-refractivity contribution in [3.05, 3.63) is 42.5 Å². The van der Waals surface area contributed by atoms with E-state index < -0.39 is 9.84 Å². The number of hydrogen-bond donors (Lipinski definition) is 1. The van der Waals surface area contributed by atoms with E-state index in [9.17, 15) is 8.42 Å². The molecule has 1 atom stereocenters. The van der Waals surface area contributed by atoms with Gasteiger partial charge in [0.25, 0.3) is 0 Å². The van der Waals surface area contributed by atoms with Crippen LogP contribution in [0.15, 0.2) is 41.8 Å². The van der Waals surface area contributed by atoms with Crippen molar-refractivity contribution in [1.29, 1.82) is 0 Å². The molecular formula is C13H19NO2S. The fourth-order valence-electron chi connectivity index (χ4n) is 1.51. The Morgan fingerprint density at radius 3 is 2.47 bits per heavy atom. The molecule has 0 aliphatic heterocycles. The molecule has 0 bridgehead atoms. The fourth-order valence-corrected chi connectivity index (χ4v) is 3.03. The molecule has 0 radical (unpaired) electrons. The first-order valence-corrected chi connectivity index (χ1v) is 7.24. The molecule has 0 aliphatic carbocycles. The lowest BCUT2D eigenvalue weighted by Crippen LogP contribution is -2.33. The quantitative estimate of drug-likeness (QED) is 0.788. The van der Waals surface area contributed by atoms with Crippen LogP contribution in [0.4, 0.5) is 0 Å². The second kappa shape index (κ2) is 5.98. The average molecular weight is 253 g/mol. The molecule has 17 heavy (non-hydrogen) atoms. The molecule has 1 rings (SSSR count). The number of sulfone groups is 1. The molecule has 0 saturated heterocycles. The van der Waals surface area contributed by atoms with E-state index in [4.69, 9.17) is 0 Å². The van der Waals surface area contributed by atoms with Gasteiger partial charge >= 0.3 is 0 Å². The minimum absolute atomic E-state index is 0.0840. The Bertz CT molecular complexity index is 463. The minimum Gasteiger partial charge on any atom is -0.310 e. The van der Waals surface area contributed by atoms with E-state index in [2.05, 4.69) is 11.9 Å². The lowest BCUT2D eigenvalue weighted by Gasteiger charge is -2.12. The number of hydrogen-bond acceptors (Lipinski definition) is 3. The van der Waals surface area contributed by atoms with E-state index >= 15 is 0 Å². The monoisotopic (exact) mass is 253 g/mol. The van der Waals surface area contributed by atoms with E-state index in [-0.39, 0.29) is 11.8 Å². The summed E-state index contributed by atoms with van der Waals surface area (Å²) in [6.07, 6.45) is 1.72. The first kappa shape index (κ1) is 13.9. The van der Waals surface area contributed by atoms with Gasteiger partial charge in [0.1, 0.15) is 0 Å². The SMILES string of the molecule is C=CCNC(C)CS(=O)(=O)c1ccc(C)cc1. The fraction of sp³-hybridized carbons (Fsp3) is 0.385. The maximum absolute atomic E-state index is 12.1. The smallest absolute Gasteiger partial charge is 0.179 e. The number of rotatable bonds is 6. The maximum Gasteiger partial charge on any atom is 0.179 e. The molecule has 1 aromatic carbocycles. The van der Waals surface area contributed by atoms with Gasteiger partial charge in [-0.15, -0.1) is 6.58 Å². The van der Waals surface area contributed by atoms with Gasteiger partial charge in [-0.25, -0.2) is 8.42 Å². The molecule has 0 aromatic heterocycles. The third-order valence-electron chi connectivity index (χ3n) is 2.46. The molecule has 0 saturated carbocycles. The molecule has 0 heterocycles. The van der Waals surface area contributed by atoms with Crippen LogP contribution in [0.2, 0.25) is 0 Å². The molecular weight excluding hydrogens is 234 g/mol. The largest absolute Gasteiger partial charge is 0.310 e. The summed E-state index contributed by atoms with van der Waals surface area (Å²) in [5.74, 6) is 0.101. The molecule has 0 amide bonds. The third-order valence-corrected chi connectivity index (χ3v) is 4.39. The number of aryl methyl sites for hydroxylation is 1. The summed E-state index contributed by atoms with van der Waals surface area (Å²) in [5.41, 5.74) is 1.06. The van der Waals surface area contributed by atoms with Crippen molar-refractivity contribution in [2.45, 2.75) is 24.8 Å². The standard InChI is InChI=1S/C13H19NO2S/c1-4-9-14-12(3)10-17(15,16)13-7-5-11(2)6-8-13/h4-8,12,14H,1,9-10H2,2-3H3. The molecule has 1 aromatic rings. The zero-order chi connectivity index (χ0) is 12.9. The summed E-state index contributed by atoms with van der Waals surface area (Å²) in [4.78, 5) is 0.385. The second-order valence-corrected chi connectivity index (χ2v) is 6.23. The molecule has 0 spiro atoms. The Hall–Kier alpha value is -1.13. The van der Waals surface area contributed by atoms with Crippen molar-refractivity contribution in [3.8, 4) is 0 Å². The molecule has 4 heteroatoms. The molecule has 94 valence electrons. The predicted octanol–water partition coefficient (Wildman–Crippen LogP) is 1.93. The molecule has 1 unspecified atom stereocenters. The van der Waals surface area contributed by atoms with Crippen molar-refractivity contribution in [2.75, 3.05) is 12.3 Å². The Labute approximate surface area is 103 Å². The van der Waals surface area contributed by atoms with Gasteiger partial charge in [0.05, 0.1) is 10.6 Å². The van der Waals surface area contributed by atoms with Crippen LogP contribution >= 0.6 is 0 Å². The van der Waals surface area contributed by atoms with E-state index in [0.29, 0.717) is 11.4 Å². The Morgan fingerprint density at radius 2 is 1.94 bits per heavy atom. The van der Waals surface area contributed by atoms with E-state index in [0.717, 1.165) is 5.56 Å². The zero-order valence-corrected chi connectivity index (χ0v) is 11.1.